The lowest BCUT2D eigenvalue weighted by Gasteiger charge is -1.99. The van der Waals surface area contributed by atoms with E-state index in [1.165, 1.54) is 0 Å². The van der Waals surface area contributed by atoms with Crippen LogP contribution in [0, 0.1) is 6.33 Å². The highest BCUT2D eigenvalue weighted by atomic mass is 19.4. The van der Waals surface area contributed by atoms with E-state index in [1.807, 2.05) is 6.33 Å². The first kappa shape index (κ1) is 7.04. The van der Waals surface area contributed by atoms with E-state index < -0.39 is 18.5 Å². The lowest BCUT2D eigenvalue weighted by atomic mass is 10.4. The maximum absolute atomic E-state index is 11.5. The van der Waals surface area contributed by atoms with Crippen LogP contribution in [0.2, 0.25) is 0 Å². The number of aromatic nitrogens is 2. The summed E-state index contributed by atoms with van der Waals surface area (Å²) < 4.78 is 38.5. The summed E-state index contributed by atoms with van der Waals surface area (Å²) in [4.78, 5) is 3.08. The van der Waals surface area contributed by atoms with E-state index in [0.717, 1.165) is 0 Å². The van der Waals surface area contributed by atoms with Gasteiger partial charge in [-0.2, -0.15) is 18.2 Å². The summed E-state index contributed by atoms with van der Waals surface area (Å²) >= 11 is 0. The number of hydrogen-bond donors (Lipinski definition) is 0. The van der Waals surface area contributed by atoms with Crippen molar-refractivity contribution in [1.29, 1.82) is 0 Å². The Kier molecular flexibility index (Phi) is 1.60. The minimum atomic E-state index is -4.29. The number of hydrogen-bond acceptors (Lipinski definition) is 3. The molecule has 1 aromatic heterocycles. The molecular weight excluding hydrogens is 149 g/mol. The molecule has 1 heterocycles. The Labute approximate surface area is 53.8 Å². The summed E-state index contributed by atoms with van der Waals surface area (Å²) in [5, 5.41) is 2.90. The molecule has 0 fully saturated rings. The van der Waals surface area contributed by atoms with Gasteiger partial charge in [-0.25, -0.2) is 0 Å². The molecular formula is C4H2F3N2O. The third kappa shape index (κ3) is 2.04. The van der Waals surface area contributed by atoms with E-state index in [9.17, 15) is 13.2 Å². The molecule has 0 N–H and O–H groups in total. The van der Waals surface area contributed by atoms with Crippen molar-refractivity contribution >= 4 is 0 Å². The topological polar surface area (TPSA) is 38.9 Å². The summed E-state index contributed by atoms with van der Waals surface area (Å²) in [5.41, 5.74) is 0. The summed E-state index contributed by atoms with van der Waals surface area (Å²) in [7, 11) is 0. The van der Waals surface area contributed by atoms with E-state index in [-0.39, 0.29) is 0 Å². The molecule has 55 valence electrons. The minimum Gasteiger partial charge on any atom is -0.338 e. The third-order valence-corrected chi connectivity index (χ3v) is 0.718. The zero-order valence-corrected chi connectivity index (χ0v) is 4.64. The Hall–Kier alpha value is -1.07. The van der Waals surface area contributed by atoms with E-state index in [4.69, 9.17) is 0 Å². The molecule has 10 heavy (non-hydrogen) atoms. The van der Waals surface area contributed by atoms with Crippen LogP contribution in [0.4, 0.5) is 13.2 Å². The van der Waals surface area contributed by atoms with Gasteiger partial charge in [-0.3, -0.25) is 0 Å². The van der Waals surface area contributed by atoms with E-state index in [1.54, 1.807) is 0 Å². The Morgan fingerprint density at radius 1 is 1.50 bits per heavy atom. The van der Waals surface area contributed by atoms with E-state index in [0.29, 0.717) is 0 Å². The fourth-order valence-corrected chi connectivity index (χ4v) is 0.413. The lowest BCUT2D eigenvalue weighted by Crippen LogP contribution is -2.11. The van der Waals surface area contributed by atoms with E-state index in [2.05, 4.69) is 14.7 Å². The second kappa shape index (κ2) is 2.28. The van der Waals surface area contributed by atoms with Crippen molar-refractivity contribution in [3.05, 3.63) is 12.2 Å². The van der Waals surface area contributed by atoms with Crippen LogP contribution in [0.25, 0.3) is 0 Å². The maximum Gasteiger partial charge on any atom is 0.397 e. The van der Waals surface area contributed by atoms with Gasteiger partial charge in [0.15, 0.2) is 0 Å². The van der Waals surface area contributed by atoms with Crippen LogP contribution in [0.15, 0.2) is 4.52 Å². The first-order valence-corrected chi connectivity index (χ1v) is 2.33. The highest BCUT2D eigenvalue weighted by Gasteiger charge is 2.30. The highest BCUT2D eigenvalue weighted by molar-refractivity contribution is 4.77. The fourth-order valence-electron chi connectivity index (χ4n) is 0.413. The molecule has 6 heteroatoms. The minimum absolute atomic E-state index is 0.465. The average Bonchev–Trinajstić information content (AvgIpc) is 2.12. The fraction of sp³-hybridized carbons (Fsp3) is 0.500. The van der Waals surface area contributed by atoms with Crippen molar-refractivity contribution in [1.82, 2.24) is 10.1 Å². The molecule has 0 aliphatic rings. The van der Waals surface area contributed by atoms with Gasteiger partial charge in [0.2, 0.25) is 12.2 Å². The molecule has 0 saturated carbocycles. The van der Waals surface area contributed by atoms with Gasteiger partial charge in [0.05, 0.1) is 0 Å². The molecule has 0 unspecified atom stereocenters. The van der Waals surface area contributed by atoms with Crippen LogP contribution in [0.5, 0.6) is 0 Å². The molecule has 0 aliphatic carbocycles. The van der Waals surface area contributed by atoms with Gasteiger partial charge in [0, 0.05) is 0 Å². The maximum atomic E-state index is 11.5. The van der Waals surface area contributed by atoms with Crippen molar-refractivity contribution in [2.24, 2.45) is 0 Å². The quantitative estimate of drug-likeness (QED) is 0.600. The van der Waals surface area contributed by atoms with Gasteiger partial charge in [-0.1, -0.05) is 5.16 Å². The van der Waals surface area contributed by atoms with Crippen LogP contribution >= 0.6 is 0 Å². The Morgan fingerprint density at radius 3 is 2.60 bits per heavy atom. The third-order valence-electron chi connectivity index (χ3n) is 0.718. The Bertz CT molecular complexity index is 193. The molecule has 1 aromatic rings. The summed E-state index contributed by atoms with van der Waals surface area (Å²) in [6, 6.07) is 0. The number of halogens is 3. The largest absolute Gasteiger partial charge is 0.397 e. The molecule has 0 atom stereocenters. The predicted molar refractivity (Wildman–Crippen MR) is 22.9 cm³/mol. The zero-order chi connectivity index (χ0) is 7.61. The van der Waals surface area contributed by atoms with Gasteiger partial charge in [0.1, 0.15) is 6.42 Å². The number of rotatable bonds is 1. The van der Waals surface area contributed by atoms with Crippen molar-refractivity contribution in [2.45, 2.75) is 12.6 Å². The van der Waals surface area contributed by atoms with Crippen LogP contribution in [-0.4, -0.2) is 16.3 Å². The molecule has 0 saturated heterocycles. The molecule has 1 rings (SSSR count). The molecule has 0 aliphatic heterocycles. The van der Waals surface area contributed by atoms with Gasteiger partial charge in [0.25, 0.3) is 0 Å². The molecule has 0 aromatic carbocycles. The summed E-state index contributed by atoms with van der Waals surface area (Å²) in [6.45, 7) is 0. The van der Waals surface area contributed by atoms with Gasteiger partial charge in [-0.05, 0) is 0 Å². The van der Waals surface area contributed by atoms with Crippen LogP contribution < -0.4 is 0 Å². The summed E-state index contributed by atoms with van der Waals surface area (Å²) in [6.07, 6.45) is -3.60. The van der Waals surface area contributed by atoms with Crippen molar-refractivity contribution in [3.63, 3.8) is 0 Å². The van der Waals surface area contributed by atoms with Gasteiger partial charge >= 0.3 is 6.18 Å². The first-order chi connectivity index (χ1) is 4.58. The monoisotopic (exact) mass is 151 g/mol. The van der Waals surface area contributed by atoms with E-state index >= 15 is 0 Å². The smallest absolute Gasteiger partial charge is 0.338 e. The van der Waals surface area contributed by atoms with Gasteiger partial charge < -0.3 is 4.52 Å². The first-order valence-electron chi connectivity index (χ1n) is 2.33. The molecule has 3 nitrogen and oxygen atoms in total. The van der Waals surface area contributed by atoms with Crippen LogP contribution in [0.1, 0.15) is 5.89 Å². The lowest BCUT2D eigenvalue weighted by molar-refractivity contribution is -0.131. The molecule has 0 spiro atoms. The average molecular weight is 151 g/mol. The Balaban J connectivity index is 2.57. The van der Waals surface area contributed by atoms with Crippen molar-refractivity contribution < 1.29 is 17.7 Å². The number of alkyl halides is 3. The highest BCUT2D eigenvalue weighted by Crippen LogP contribution is 2.19. The SMILES string of the molecule is FC(F)(F)Cc1n[c]no1. The molecule has 0 bridgehead atoms. The molecule has 1 radical (unpaired) electrons. The molecule has 0 amide bonds. The second-order valence-corrected chi connectivity index (χ2v) is 1.58. The van der Waals surface area contributed by atoms with Crippen LogP contribution in [-0.2, 0) is 6.42 Å². The number of nitrogens with zero attached hydrogens (tertiary/aromatic N) is 2. The van der Waals surface area contributed by atoms with Crippen molar-refractivity contribution in [2.75, 3.05) is 0 Å². The zero-order valence-electron chi connectivity index (χ0n) is 4.64. The second-order valence-electron chi connectivity index (χ2n) is 1.58. The van der Waals surface area contributed by atoms with Gasteiger partial charge in [-0.15, -0.1) is 0 Å². The normalized spacial score (nSPS) is 11.9. The predicted octanol–water partition coefficient (Wildman–Crippen LogP) is 0.975. The van der Waals surface area contributed by atoms with Crippen molar-refractivity contribution in [3.8, 4) is 0 Å². The Morgan fingerprint density at radius 2 is 2.20 bits per heavy atom. The summed E-state index contributed by atoms with van der Waals surface area (Å²) in [5.74, 6) is -0.465. The standard InChI is InChI=1S/C4H2F3N2O/c5-4(6,7)1-3-8-2-9-10-3/h1H2. The van der Waals surface area contributed by atoms with Crippen LogP contribution in [0.3, 0.4) is 0 Å².